The number of benzene rings is 1. The molecule has 1 aromatic rings. The molecular weight excluding hydrogens is 274 g/mol. The molecule has 1 atom stereocenters. The van der Waals surface area contributed by atoms with Crippen LogP contribution in [0.2, 0.25) is 0 Å². The lowest BCUT2D eigenvalue weighted by molar-refractivity contribution is -0.130. The van der Waals surface area contributed by atoms with Gasteiger partial charge in [0.15, 0.2) is 0 Å². The zero-order valence-electron chi connectivity index (χ0n) is 14.4. The van der Waals surface area contributed by atoms with Crippen LogP contribution in [-0.4, -0.2) is 63.0 Å². The first kappa shape index (κ1) is 16.8. The predicted molar refractivity (Wildman–Crippen MR) is 92.4 cm³/mol. The van der Waals surface area contributed by atoms with Gasteiger partial charge in [0, 0.05) is 38.9 Å². The fourth-order valence-electron chi connectivity index (χ4n) is 3.04. The second kappa shape index (κ2) is 7.63. The lowest BCUT2D eigenvalue weighted by Crippen LogP contribution is -2.34. The van der Waals surface area contributed by atoms with E-state index in [1.807, 2.05) is 19.0 Å². The van der Waals surface area contributed by atoms with E-state index in [-0.39, 0.29) is 5.91 Å². The molecule has 1 aliphatic heterocycles. The second-order valence-corrected chi connectivity index (χ2v) is 6.67. The Morgan fingerprint density at radius 2 is 1.77 bits per heavy atom. The normalized spacial score (nSPS) is 19.1. The van der Waals surface area contributed by atoms with Crippen LogP contribution in [0.3, 0.4) is 0 Å². The van der Waals surface area contributed by atoms with Crippen molar-refractivity contribution in [3.63, 3.8) is 0 Å². The number of anilines is 1. The van der Waals surface area contributed by atoms with Crippen molar-refractivity contribution >= 4 is 11.6 Å². The van der Waals surface area contributed by atoms with Gasteiger partial charge in [0.25, 0.3) is 0 Å². The van der Waals surface area contributed by atoms with Crippen LogP contribution in [0.15, 0.2) is 24.3 Å². The molecule has 0 radical (unpaired) electrons. The average molecular weight is 303 g/mol. The highest BCUT2D eigenvalue weighted by Crippen LogP contribution is 2.17. The van der Waals surface area contributed by atoms with E-state index in [0.29, 0.717) is 12.5 Å². The lowest BCUT2D eigenvalue weighted by atomic mass is 10.1. The molecule has 1 aliphatic rings. The molecule has 2 rings (SSSR count). The molecule has 0 aliphatic carbocycles. The average Bonchev–Trinajstić information content (AvgIpc) is 2.73. The topological polar surface area (TPSA) is 26.8 Å². The summed E-state index contributed by atoms with van der Waals surface area (Å²) in [5, 5.41) is 0. The number of carbonyl (C=O) groups excluding carboxylic acids is 1. The van der Waals surface area contributed by atoms with Gasteiger partial charge in [-0.3, -0.25) is 4.79 Å². The largest absolute Gasteiger partial charge is 0.378 e. The summed E-state index contributed by atoms with van der Waals surface area (Å²) in [6.07, 6.45) is 3.89. The Kier molecular flexibility index (Phi) is 5.83. The third-order valence-electron chi connectivity index (χ3n) is 4.59. The SMILES string of the molecule is CN(C)c1ccc(CC(=O)N2CCC[C@H](N(C)C)CC2)cc1. The highest BCUT2D eigenvalue weighted by Gasteiger charge is 2.21. The summed E-state index contributed by atoms with van der Waals surface area (Å²) in [5.41, 5.74) is 2.27. The molecule has 122 valence electrons. The van der Waals surface area contributed by atoms with E-state index in [9.17, 15) is 4.79 Å². The Morgan fingerprint density at radius 1 is 1.09 bits per heavy atom. The van der Waals surface area contributed by atoms with Gasteiger partial charge >= 0.3 is 0 Å². The first-order chi connectivity index (χ1) is 10.5. The van der Waals surface area contributed by atoms with Crippen LogP contribution in [0, 0.1) is 0 Å². The van der Waals surface area contributed by atoms with Gasteiger partial charge in [-0.25, -0.2) is 0 Å². The van der Waals surface area contributed by atoms with Crippen molar-refractivity contribution in [1.82, 2.24) is 9.80 Å². The minimum atomic E-state index is 0.261. The standard InChI is InChI=1S/C18H29N3O/c1-19(2)16-6-5-12-21(13-11-16)18(22)14-15-7-9-17(10-8-15)20(3)4/h7-10,16H,5-6,11-14H2,1-4H3/t16-/m0/s1. The lowest BCUT2D eigenvalue weighted by Gasteiger charge is -2.23. The molecule has 1 aromatic carbocycles. The van der Waals surface area contributed by atoms with Crippen molar-refractivity contribution in [3.8, 4) is 0 Å². The Labute approximate surface area is 134 Å². The molecule has 1 fully saturated rings. The van der Waals surface area contributed by atoms with Crippen LogP contribution in [0.25, 0.3) is 0 Å². The zero-order valence-corrected chi connectivity index (χ0v) is 14.4. The molecular formula is C18H29N3O. The molecule has 1 amide bonds. The Morgan fingerprint density at radius 3 is 2.36 bits per heavy atom. The highest BCUT2D eigenvalue weighted by molar-refractivity contribution is 5.79. The van der Waals surface area contributed by atoms with E-state index in [1.54, 1.807) is 0 Å². The van der Waals surface area contributed by atoms with E-state index in [1.165, 1.54) is 12.1 Å². The second-order valence-electron chi connectivity index (χ2n) is 6.67. The van der Waals surface area contributed by atoms with Crippen molar-refractivity contribution < 1.29 is 4.79 Å². The molecule has 1 heterocycles. The van der Waals surface area contributed by atoms with Crippen LogP contribution in [-0.2, 0) is 11.2 Å². The summed E-state index contributed by atoms with van der Waals surface area (Å²) < 4.78 is 0. The van der Waals surface area contributed by atoms with Gasteiger partial charge in [-0.2, -0.15) is 0 Å². The number of hydrogen-bond donors (Lipinski definition) is 0. The van der Waals surface area contributed by atoms with Gasteiger partial charge in [0.1, 0.15) is 0 Å². The third-order valence-corrected chi connectivity index (χ3v) is 4.59. The maximum Gasteiger partial charge on any atom is 0.226 e. The van der Waals surface area contributed by atoms with Gasteiger partial charge in [-0.05, 0) is 51.1 Å². The minimum absolute atomic E-state index is 0.261. The van der Waals surface area contributed by atoms with Crippen molar-refractivity contribution in [3.05, 3.63) is 29.8 Å². The van der Waals surface area contributed by atoms with E-state index in [2.05, 4.69) is 48.2 Å². The Bertz CT molecular complexity index is 482. The highest BCUT2D eigenvalue weighted by atomic mass is 16.2. The molecule has 0 unspecified atom stereocenters. The third kappa shape index (κ3) is 4.47. The fraction of sp³-hybridized carbons (Fsp3) is 0.611. The summed E-state index contributed by atoms with van der Waals surface area (Å²) >= 11 is 0. The number of carbonyl (C=O) groups is 1. The number of rotatable bonds is 4. The first-order valence-corrected chi connectivity index (χ1v) is 8.18. The Balaban J connectivity index is 1.91. The summed E-state index contributed by atoms with van der Waals surface area (Å²) in [5.74, 6) is 0.261. The van der Waals surface area contributed by atoms with Gasteiger partial charge < -0.3 is 14.7 Å². The van der Waals surface area contributed by atoms with Gasteiger partial charge in [-0.15, -0.1) is 0 Å². The molecule has 0 N–H and O–H groups in total. The van der Waals surface area contributed by atoms with Crippen LogP contribution in [0.1, 0.15) is 24.8 Å². The van der Waals surface area contributed by atoms with E-state index < -0.39 is 0 Å². The van der Waals surface area contributed by atoms with Crippen LogP contribution < -0.4 is 4.90 Å². The number of hydrogen-bond acceptors (Lipinski definition) is 3. The summed E-state index contributed by atoms with van der Waals surface area (Å²) in [4.78, 5) is 18.9. The van der Waals surface area contributed by atoms with E-state index in [4.69, 9.17) is 0 Å². The van der Waals surface area contributed by atoms with Gasteiger partial charge in [0.2, 0.25) is 5.91 Å². The maximum absolute atomic E-state index is 12.5. The molecule has 1 saturated heterocycles. The molecule has 0 bridgehead atoms. The first-order valence-electron chi connectivity index (χ1n) is 8.18. The summed E-state index contributed by atoms with van der Waals surface area (Å²) in [7, 11) is 8.32. The number of amides is 1. The molecule has 22 heavy (non-hydrogen) atoms. The molecule has 0 spiro atoms. The molecule has 0 aromatic heterocycles. The van der Waals surface area contributed by atoms with Gasteiger partial charge in [-0.1, -0.05) is 12.1 Å². The smallest absolute Gasteiger partial charge is 0.226 e. The number of likely N-dealkylation sites (tertiary alicyclic amines) is 1. The number of nitrogens with zero attached hydrogens (tertiary/aromatic N) is 3. The molecule has 4 nitrogen and oxygen atoms in total. The van der Waals surface area contributed by atoms with E-state index in [0.717, 1.165) is 31.5 Å². The zero-order chi connectivity index (χ0) is 16.1. The van der Waals surface area contributed by atoms with Crippen molar-refractivity contribution in [2.75, 3.05) is 46.2 Å². The molecule has 4 heteroatoms. The van der Waals surface area contributed by atoms with Crippen LogP contribution in [0.5, 0.6) is 0 Å². The monoisotopic (exact) mass is 303 g/mol. The van der Waals surface area contributed by atoms with Crippen molar-refractivity contribution in [1.29, 1.82) is 0 Å². The predicted octanol–water partition coefficient (Wildman–Crippen LogP) is 2.24. The quantitative estimate of drug-likeness (QED) is 0.853. The van der Waals surface area contributed by atoms with Gasteiger partial charge in [0.05, 0.1) is 6.42 Å². The Hall–Kier alpha value is -1.55. The minimum Gasteiger partial charge on any atom is -0.378 e. The maximum atomic E-state index is 12.5. The van der Waals surface area contributed by atoms with Crippen LogP contribution in [0.4, 0.5) is 5.69 Å². The molecule has 0 saturated carbocycles. The van der Waals surface area contributed by atoms with E-state index >= 15 is 0 Å². The van der Waals surface area contributed by atoms with Crippen LogP contribution >= 0.6 is 0 Å². The van der Waals surface area contributed by atoms with Crippen molar-refractivity contribution in [2.24, 2.45) is 0 Å². The summed E-state index contributed by atoms with van der Waals surface area (Å²) in [6, 6.07) is 8.89. The fourth-order valence-corrected chi connectivity index (χ4v) is 3.04. The summed E-state index contributed by atoms with van der Waals surface area (Å²) in [6.45, 7) is 1.79. The van der Waals surface area contributed by atoms with Crippen molar-refractivity contribution in [2.45, 2.75) is 31.7 Å².